The molecule has 1 heterocycles. The summed E-state index contributed by atoms with van der Waals surface area (Å²) < 4.78 is 0. The van der Waals surface area contributed by atoms with Crippen molar-refractivity contribution in [3.05, 3.63) is 52.5 Å². The topological polar surface area (TPSA) is 110 Å². The van der Waals surface area contributed by atoms with Crippen LogP contribution in [0.1, 0.15) is 17.4 Å². The maximum atomic E-state index is 12.0. The van der Waals surface area contributed by atoms with Gasteiger partial charge < -0.3 is 10.6 Å². The van der Waals surface area contributed by atoms with Crippen LogP contribution in [0.15, 0.2) is 36.7 Å². The van der Waals surface area contributed by atoms with Crippen LogP contribution in [0.4, 0.5) is 17.2 Å². The van der Waals surface area contributed by atoms with Gasteiger partial charge >= 0.3 is 0 Å². The van der Waals surface area contributed by atoms with Crippen LogP contribution in [0.2, 0.25) is 0 Å². The Labute approximate surface area is 120 Å². The molecule has 0 bridgehead atoms. The fourth-order valence-electron chi connectivity index (χ4n) is 1.63. The summed E-state index contributed by atoms with van der Waals surface area (Å²) in [6, 6.07) is 5.68. The first-order valence-electron chi connectivity index (χ1n) is 6.22. The molecular formula is C13H13N5O3. The van der Waals surface area contributed by atoms with Crippen molar-refractivity contribution >= 4 is 23.1 Å². The van der Waals surface area contributed by atoms with Crippen molar-refractivity contribution in [2.24, 2.45) is 0 Å². The Morgan fingerprint density at radius 3 is 2.90 bits per heavy atom. The summed E-state index contributed by atoms with van der Waals surface area (Å²) in [7, 11) is 0. The largest absolute Gasteiger partial charge is 0.369 e. The highest BCUT2D eigenvalue weighted by Gasteiger charge is 2.11. The summed E-state index contributed by atoms with van der Waals surface area (Å²) in [6.45, 7) is 2.56. The molecule has 0 saturated carbocycles. The van der Waals surface area contributed by atoms with E-state index in [0.717, 1.165) is 0 Å². The van der Waals surface area contributed by atoms with E-state index in [1.165, 1.54) is 30.6 Å². The van der Waals surface area contributed by atoms with Crippen molar-refractivity contribution in [3.8, 4) is 0 Å². The lowest BCUT2D eigenvalue weighted by Crippen LogP contribution is -2.15. The summed E-state index contributed by atoms with van der Waals surface area (Å²) in [6.07, 6.45) is 2.83. The van der Waals surface area contributed by atoms with Crippen LogP contribution < -0.4 is 10.6 Å². The van der Waals surface area contributed by atoms with Crippen LogP contribution in [0.5, 0.6) is 0 Å². The molecule has 0 aliphatic carbocycles. The van der Waals surface area contributed by atoms with Crippen molar-refractivity contribution in [2.75, 3.05) is 17.2 Å². The fourth-order valence-corrected chi connectivity index (χ4v) is 1.63. The van der Waals surface area contributed by atoms with Crippen molar-refractivity contribution < 1.29 is 9.72 Å². The smallest absolute Gasteiger partial charge is 0.275 e. The molecule has 0 atom stereocenters. The molecule has 0 saturated heterocycles. The van der Waals surface area contributed by atoms with Crippen molar-refractivity contribution in [3.63, 3.8) is 0 Å². The predicted molar refractivity (Wildman–Crippen MR) is 77.2 cm³/mol. The SMILES string of the molecule is CCNc1cncc(C(=O)Nc2cccc([N+](=O)[O-])c2)n1. The van der Waals surface area contributed by atoms with E-state index in [1.807, 2.05) is 6.92 Å². The van der Waals surface area contributed by atoms with E-state index in [-0.39, 0.29) is 11.4 Å². The number of carbonyl (C=O) groups excluding carboxylic acids is 1. The summed E-state index contributed by atoms with van der Waals surface area (Å²) >= 11 is 0. The van der Waals surface area contributed by atoms with Gasteiger partial charge in [-0.25, -0.2) is 4.98 Å². The number of nitrogens with zero attached hydrogens (tertiary/aromatic N) is 3. The first-order chi connectivity index (χ1) is 10.1. The van der Waals surface area contributed by atoms with Crippen LogP contribution in [0.25, 0.3) is 0 Å². The molecule has 8 heteroatoms. The van der Waals surface area contributed by atoms with E-state index < -0.39 is 10.8 Å². The van der Waals surface area contributed by atoms with Gasteiger partial charge in [0.15, 0.2) is 0 Å². The number of nitrogens with one attached hydrogen (secondary N) is 2. The molecule has 1 aromatic heterocycles. The molecule has 108 valence electrons. The maximum Gasteiger partial charge on any atom is 0.275 e. The number of anilines is 2. The first-order valence-corrected chi connectivity index (χ1v) is 6.22. The highest BCUT2D eigenvalue weighted by molar-refractivity contribution is 6.03. The second-order valence-corrected chi connectivity index (χ2v) is 4.08. The molecule has 2 N–H and O–H groups in total. The minimum atomic E-state index is -0.527. The molecule has 0 radical (unpaired) electrons. The Hall–Kier alpha value is -3.03. The molecular weight excluding hydrogens is 274 g/mol. The van der Waals surface area contributed by atoms with Crippen LogP contribution in [0, 0.1) is 10.1 Å². The van der Waals surface area contributed by atoms with Crippen LogP contribution in [-0.4, -0.2) is 27.3 Å². The van der Waals surface area contributed by atoms with Gasteiger partial charge in [-0.3, -0.25) is 19.9 Å². The molecule has 0 fully saturated rings. The van der Waals surface area contributed by atoms with E-state index in [9.17, 15) is 14.9 Å². The number of nitro benzene ring substituents is 1. The van der Waals surface area contributed by atoms with E-state index >= 15 is 0 Å². The zero-order valence-corrected chi connectivity index (χ0v) is 11.2. The normalized spacial score (nSPS) is 9.95. The van der Waals surface area contributed by atoms with Gasteiger partial charge in [0.25, 0.3) is 11.6 Å². The first kappa shape index (κ1) is 14.4. The average molecular weight is 287 g/mol. The summed E-state index contributed by atoms with van der Waals surface area (Å²) in [4.78, 5) is 30.2. The minimum Gasteiger partial charge on any atom is -0.369 e. The molecule has 0 unspecified atom stereocenters. The molecule has 0 aliphatic heterocycles. The van der Waals surface area contributed by atoms with Gasteiger partial charge in [-0.15, -0.1) is 0 Å². The zero-order valence-electron chi connectivity index (χ0n) is 11.2. The Morgan fingerprint density at radius 1 is 1.38 bits per heavy atom. The molecule has 21 heavy (non-hydrogen) atoms. The molecule has 2 rings (SSSR count). The van der Waals surface area contributed by atoms with Gasteiger partial charge in [0, 0.05) is 24.4 Å². The quantitative estimate of drug-likeness (QED) is 0.643. The standard InChI is InChI=1S/C13H13N5O3/c1-2-15-12-8-14-7-11(17-12)13(19)16-9-4-3-5-10(6-9)18(20)21/h3-8H,2H2,1H3,(H,15,17)(H,16,19). The second-order valence-electron chi connectivity index (χ2n) is 4.08. The summed E-state index contributed by atoms with van der Waals surface area (Å²) in [5, 5.41) is 16.2. The van der Waals surface area contributed by atoms with Gasteiger partial charge in [-0.05, 0) is 13.0 Å². The van der Waals surface area contributed by atoms with Crippen molar-refractivity contribution in [2.45, 2.75) is 6.92 Å². The van der Waals surface area contributed by atoms with E-state index in [4.69, 9.17) is 0 Å². The molecule has 8 nitrogen and oxygen atoms in total. The van der Waals surface area contributed by atoms with Gasteiger partial charge in [-0.2, -0.15) is 0 Å². The lowest BCUT2D eigenvalue weighted by Gasteiger charge is -2.06. The Balaban J connectivity index is 2.16. The van der Waals surface area contributed by atoms with E-state index in [2.05, 4.69) is 20.6 Å². The number of amides is 1. The number of rotatable bonds is 5. The number of hydrogen-bond donors (Lipinski definition) is 2. The molecule has 0 aliphatic rings. The number of aromatic nitrogens is 2. The number of carbonyl (C=O) groups is 1. The Morgan fingerprint density at radius 2 is 2.19 bits per heavy atom. The lowest BCUT2D eigenvalue weighted by molar-refractivity contribution is -0.384. The Bertz CT molecular complexity index is 674. The van der Waals surface area contributed by atoms with Gasteiger partial charge in [-0.1, -0.05) is 6.07 Å². The van der Waals surface area contributed by atoms with Gasteiger partial charge in [0.1, 0.15) is 11.5 Å². The van der Waals surface area contributed by atoms with E-state index in [0.29, 0.717) is 18.1 Å². The van der Waals surface area contributed by atoms with E-state index in [1.54, 1.807) is 6.07 Å². The number of hydrogen-bond acceptors (Lipinski definition) is 6. The molecule has 0 spiro atoms. The Kier molecular flexibility index (Phi) is 4.39. The highest BCUT2D eigenvalue weighted by Crippen LogP contribution is 2.17. The monoisotopic (exact) mass is 287 g/mol. The summed E-state index contributed by atoms with van der Waals surface area (Å²) in [5.74, 6) is 0.00643. The predicted octanol–water partition coefficient (Wildman–Crippen LogP) is 2.07. The molecule has 1 aromatic carbocycles. The lowest BCUT2D eigenvalue weighted by atomic mass is 10.2. The second kappa shape index (κ2) is 6.42. The number of nitro groups is 1. The van der Waals surface area contributed by atoms with Gasteiger partial charge in [0.05, 0.1) is 17.3 Å². The molecule has 2 aromatic rings. The number of non-ortho nitro benzene ring substituents is 1. The van der Waals surface area contributed by atoms with Crippen molar-refractivity contribution in [1.82, 2.24) is 9.97 Å². The van der Waals surface area contributed by atoms with Crippen LogP contribution in [-0.2, 0) is 0 Å². The third-order valence-corrected chi connectivity index (χ3v) is 2.54. The highest BCUT2D eigenvalue weighted by atomic mass is 16.6. The van der Waals surface area contributed by atoms with Crippen LogP contribution in [0.3, 0.4) is 0 Å². The third kappa shape index (κ3) is 3.72. The van der Waals surface area contributed by atoms with Crippen molar-refractivity contribution in [1.29, 1.82) is 0 Å². The number of benzene rings is 1. The van der Waals surface area contributed by atoms with Gasteiger partial charge in [0.2, 0.25) is 0 Å². The maximum absolute atomic E-state index is 12.0. The summed E-state index contributed by atoms with van der Waals surface area (Å²) in [5.41, 5.74) is 0.352. The molecule has 1 amide bonds. The fraction of sp³-hybridized carbons (Fsp3) is 0.154. The zero-order chi connectivity index (χ0) is 15.2. The third-order valence-electron chi connectivity index (χ3n) is 2.54. The average Bonchev–Trinajstić information content (AvgIpc) is 2.48. The van der Waals surface area contributed by atoms with Crippen LogP contribution >= 0.6 is 0 Å². The minimum absolute atomic E-state index is 0.0970.